The minimum absolute atomic E-state index is 0.112. The molecule has 4 nitrogen and oxygen atoms in total. The van der Waals surface area contributed by atoms with Gasteiger partial charge in [0, 0.05) is 18.6 Å². The number of rotatable bonds is 9. The van der Waals surface area contributed by atoms with E-state index in [0.29, 0.717) is 19.6 Å². The van der Waals surface area contributed by atoms with Gasteiger partial charge in [-0.05, 0) is 17.9 Å². The quantitative estimate of drug-likeness (QED) is 0.433. The van der Waals surface area contributed by atoms with Crippen LogP contribution in [0.1, 0.15) is 25.8 Å². The Labute approximate surface area is 132 Å². The highest BCUT2D eigenvalue weighted by molar-refractivity contribution is 5.81. The zero-order chi connectivity index (χ0) is 16.4. The molecular formula is C18H26O4. The first-order valence-electron chi connectivity index (χ1n) is 7.60. The molecule has 0 aliphatic heterocycles. The van der Waals surface area contributed by atoms with E-state index in [0.717, 1.165) is 5.56 Å². The van der Waals surface area contributed by atoms with Crippen molar-refractivity contribution in [3.05, 3.63) is 48.0 Å². The van der Waals surface area contributed by atoms with Gasteiger partial charge in [-0.2, -0.15) is 0 Å². The first kappa shape index (κ1) is 18.4. The van der Waals surface area contributed by atoms with Crippen LogP contribution in [-0.2, 0) is 20.9 Å². The highest BCUT2D eigenvalue weighted by Gasteiger charge is 2.20. The molecular weight excluding hydrogens is 280 g/mol. The second kappa shape index (κ2) is 10.1. The third-order valence-electron chi connectivity index (χ3n) is 3.51. The SMILES string of the molecule is COC(=O)/C=C/C(CCOCc1ccccc1)C(O)C(C)C. The van der Waals surface area contributed by atoms with Crippen molar-refractivity contribution in [1.82, 2.24) is 0 Å². The van der Waals surface area contributed by atoms with Crippen LogP contribution in [0.3, 0.4) is 0 Å². The zero-order valence-corrected chi connectivity index (χ0v) is 13.6. The van der Waals surface area contributed by atoms with E-state index in [1.807, 2.05) is 44.2 Å². The number of esters is 1. The van der Waals surface area contributed by atoms with Crippen LogP contribution < -0.4 is 0 Å². The summed E-state index contributed by atoms with van der Waals surface area (Å²) in [5.74, 6) is -0.428. The molecule has 4 heteroatoms. The maximum atomic E-state index is 11.2. The van der Waals surface area contributed by atoms with Crippen LogP contribution in [0.15, 0.2) is 42.5 Å². The van der Waals surface area contributed by atoms with Crippen molar-refractivity contribution in [3.63, 3.8) is 0 Å². The lowest BCUT2D eigenvalue weighted by Gasteiger charge is -2.23. The molecule has 2 unspecified atom stereocenters. The summed E-state index contributed by atoms with van der Waals surface area (Å²) in [6.45, 7) is 4.98. The van der Waals surface area contributed by atoms with Crippen LogP contribution in [0.25, 0.3) is 0 Å². The van der Waals surface area contributed by atoms with Gasteiger partial charge < -0.3 is 14.6 Å². The molecule has 0 saturated carbocycles. The zero-order valence-electron chi connectivity index (χ0n) is 13.6. The minimum Gasteiger partial charge on any atom is -0.466 e. The molecule has 0 aliphatic carbocycles. The number of aliphatic hydroxyl groups is 1. The molecule has 0 amide bonds. The van der Waals surface area contributed by atoms with Gasteiger partial charge in [0.25, 0.3) is 0 Å². The van der Waals surface area contributed by atoms with Crippen LogP contribution in [0.2, 0.25) is 0 Å². The highest BCUT2D eigenvalue weighted by atomic mass is 16.5. The van der Waals surface area contributed by atoms with Crippen LogP contribution in [-0.4, -0.2) is 30.9 Å². The molecule has 1 rings (SSSR count). The fraction of sp³-hybridized carbons (Fsp3) is 0.500. The van der Waals surface area contributed by atoms with Gasteiger partial charge in [0.1, 0.15) is 0 Å². The molecule has 0 fully saturated rings. The van der Waals surface area contributed by atoms with Crippen LogP contribution >= 0.6 is 0 Å². The number of methoxy groups -OCH3 is 1. The molecule has 1 N–H and O–H groups in total. The predicted molar refractivity (Wildman–Crippen MR) is 86.2 cm³/mol. The predicted octanol–water partition coefficient (Wildman–Crippen LogP) is 2.96. The average molecular weight is 306 g/mol. The van der Waals surface area contributed by atoms with E-state index in [-0.39, 0.29) is 11.8 Å². The largest absolute Gasteiger partial charge is 0.466 e. The first-order valence-corrected chi connectivity index (χ1v) is 7.60. The summed E-state index contributed by atoms with van der Waals surface area (Å²) in [4.78, 5) is 11.2. The Hall–Kier alpha value is -1.65. The number of carbonyl (C=O) groups excluding carboxylic acids is 1. The summed E-state index contributed by atoms with van der Waals surface area (Å²) in [7, 11) is 1.34. The van der Waals surface area contributed by atoms with E-state index < -0.39 is 12.1 Å². The highest BCUT2D eigenvalue weighted by Crippen LogP contribution is 2.18. The van der Waals surface area contributed by atoms with Gasteiger partial charge in [-0.3, -0.25) is 0 Å². The Balaban J connectivity index is 2.46. The topological polar surface area (TPSA) is 55.8 Å². The Morgan fingerprint density at radius 3 is 2.55 bits per heavy atom. The van der Waals surface area contributed by atoms with Crippen molar-refractivity contribution in [2.45, 2.75) is 33.0 Å². The smallest absolute Gasteiger partial charge is 0.330 e. The number of carbonyl (C=O) groups is 1. The van der Waals surface area contributed by atoms with Crippen molar-refractivity contribution >= 4 is 5.97 Å². The Kier molecular flexibility index (Phi) is 8.48. The van der Waals surface area contributed by atoms with Gasteiger partial charge in [0.15, 0.2) is 0 Å². The Bertz CT molecular complexity index is 453. The lowest BCUT2D eigenvalue weighted by atomic mass is 9.90. The van der Waals surface area contributed by atoms with Crippen molar-refractivity contribution in [3.8, 4) is 0 Å². The number of benzene rings is 1. The summed E-state index contributed by atoms with van der Waals surface area (Å²) >= 11 is 0. The Morgan fingerprint density at radius 2 is 1.95 bits per heavy atom. The summed E-state index contributed by atoms with van der Waals surface area (Å²) in [6, 6.07) is 9.94. The van der Waals surface area contributed by atoms with Gasteiger partial charge >= 0.3 is 5.97 Å². The average Bonchev–Trinajstić information content (AvgIpc) is 2.54. The van der Waals surface area contributed by atoms with Crippen molar-refractivity contribution < 1.29 is 19.4 Å². The normalized spacial score (nSPS) is 14.2. The van der Waals surface area contributed by atoms with Gasteiger partial charge in [0.05, 0.1) is 19.8 Å². The molecule has 0 saturated heterocycles. The summed E-state index contributed by atoms with van der Waals surface area (Å²) in [6.07, 6.45) is 3.22. The molecule has 0 aliphatic rings. The molecule has 1 aromatic carbocycles. The molecule has 0 heterocycles. The minimum atomic E-state index is -0.513. The van der Waals surface area contributed by atoms with E-state index in [4.69, 9.17) is 4.74 Å². The van der Waals surface area contributed by atoms with Gasteiger partial charge in [-0.25, -0.2) is 4.79 Å². The van der Waals surface area contributed by atoms with E-state index in [9.17, 15) is 9.90 Å². The molecule has 0 spiro atoms. The third kappa shape index (κ3) is 6.87. The van der Waals surface area contributed by atoms with Crippen LogP contribution in [0.4, 0.5) is 0 Å². The number of aliphatic hydroxyl groups excluding tert-OH is 1. The van der Waals surface area contributed by atoms with Gasteiger partial charge in [0.2, 0.25) is 0 Å². The van der Waals surface area contributed by atoms with Crippen molar-refractivity contribution in [2.24, 2.45) is 11.8 Å². The van der Waals surface area contributed by atoms with E-state index in [2.05, 4.69) is 4.74 Å². The number of ether oxygens (including phenoxy) is 2. The van der Waals surface area contributed by atoms with Crippen molar-refractivity contribution in [1.29, 1.82) is 0 Å². The number of hydrogen-bond donors (Lipinski definition) is 1. The van der Waals surface area contributed by atoms with Crippen molar-refractivity contribution in [2.75, 3.05) is 13.7 Å². The monoisotopic (exact) mass is 306 g/mol. The molecule has 122 valence electrons. The lowest BCUT2D eigenvalue weighted by molar-refractivity contribution is -0.134. The standard InChI is InChI=1S/C18H26O4/c1-14(2)18(20)16(9-10-17(19)21-3)11-12-22-13-15-7-5-4-6-8-15/h4-10,14,16,18,20H,11-13H2,1-3H3/b10-9+. The molecule has 22 heavy (non-hydrogen) atoms. The van der Waals surface area contributed by atoms with Gasteiger partial charge in [-0.1, -0.05) is 50.3 Å². The first-order chi connectivity index (χ1) is 10.5. The summed E-state index contributed by atoms with van der Waals surface area (Å²) < 4.78 is 10.2. The second-order valence-electron chi connectivity index (χ2n) is 5.61. The van der Waals surface area contributed by atoms with E-state index in [1.54, 1.807) is 6.08 Å². The van der Waals surface area contributed by atoms with Crippen LogP contribution in [0, 0.1) is 11.8 Å². The lowest BCUT2D eigenvalue weighted by Crippen LogP contribution is -2.26. The molecule has 0 radical (unpaired) electrons. The van der Waals surface area contributed by atoms with Gasteiger partial charge in [-0.15, -0.1) is 0 Å². The molecule has 0 bridgehead atoms. The van der Waals surface area contributed by atoms with E-state index >= 15 is 0 Å². The molecule has 1 aromatic rings. The maximum absolute atomic E-state index is 11.2. The Morgan fingerprint density at radius 1 is 1.27 bits per heavy atom. The summed E-state index contributed by atoms with van der Waals surface area (Å²) in [5, 5.41) is 10.2. The third-order valence-corrected chi connectivity index (χ3v) is 3.51. The fourth-order valence-electron chi connectivity index (χ4n) is 2.13. The van der Waals surface area contributed by atoms with E-state index in [1.165, 1.54) is 13.2 Å². The summed E-state index contributed by atoms with van der Waals surface area (Å²) in [5.41, 5.74) is 1.12. The maximum Gasteiger partial charge on any atom is 0.330 e. The fourth-order valence-corrected chi connectivity index (χ4v) is 2.13. The second-order valence-corrected chi connectivity index (χ2v) is 5.61. The molecule has 0 aromatic heterocycles. The number of hydrogen-bond acceptors (Lipinski definition) is 4. The van der Waals surface area contributed by atoms with Crippen LogP contribution in [0.5, 0.6) is 0 Å². The molecule has 2 atom stereocenters.